The van der Waals surface area contributed by atoms with Crippen molar-refractivity contribution in [2.75, 3.05) is 5.32 Å². The van der Waals surface area contributed by atoms with Crippen LogP contribution < -0.4 is 5.32 Å². The summed E-state index contributed by atoms with van der Waals surface area (Å²) in [4.78, 5) is 11.6. The molecule has 0 radical (unpaired) electrons. The molecular weight excluding hydrogens is 324 g/mol. The monoisotopic (exact) mass is 338 g/mol. The van der Waals surface area contributed by atoms with Gasteiger partial charge in [-0.2, -0.15) is 4.37 Å². The van der Waals surface area contributed by atoms with E-state index in [1.807, 2.05) is 19.1 Å². The fraction of sp³-hybridized carbons (Fsp3) is 0.286. The molecule has 2 aromatic rings. The molecule has 0 aliphatic heterocycles. The number of anilines is 1. The van der Waals surface area contributed by atoms with Gasteiger partial charge < -0.3 is 5.32 Å². The number of halogens is 1. The van der Waals surface area contributed by atoms with Gasteiger partial charge in [0.1, 0.15) is 5.00 Å². The summed E-state index contributed by atoms with van der Waals surface area (Å²) in [5, 5.41) is 4.22. The highest BCUT2D eigenvalue weighted by Crippen LogP contribution is 2.29. The highest BCUT2D eigenvalue weighted by atomic mass is 79.9. The van der Waals surface area contributed by atoms with Crippen LogP contribution in [0.25, 0.3) is 0 Å². The number of carbonyl (C=O) groups is 1. The van der Waals surface area contributed by atoms with Gasteiger partial charge >= 0.3 is 0 Å². The number of nitrogens with zero attached hydrogens (tertiary/aromatic N) is 1. The zero-order valence-electron chi connectivity index (χ0n) is 11.0. The predicted molar refractivity (Wildman–Crippen MR) is 83.0 cm³/mol. The Bertz CT molecular complexity index is 592. The second-order valence-electron chi connectivity index (χ2n) is 4.45. The third-order valence-electron chi connectivity index (χ3n) is 2.93. The summed E-state index contributed by atoms with van der Waals surface area (Å²) >= 11 is 4.76. The van der Waals surface area contributed by atoms with Gasteiger partial charge in [-0.15, -0.1) is 0 Å². The Morgan fingerprint density at radius 3 is 2.58 bits per heavy atom. The summed E-state index contributed by atoms with van der Waals surface area (Å²) in [6.45, 7) is 5.51. The SMILES string of the molecule is CC(=O)c1c(C)nsc1NC(C)c1ccc(Br)cc1. The molecule has 0 spiro atoms. The molecule has 1 unspecified atom stereocenters. The Morgan fingerprint density at radius 1 is 1.37 bits per heavy atom. The molecule has 2 rings (SSSR count). The molecular formula is C14H15BrN2OS. The molecule has 5 heteroatoms. The standard InChI is InChI=1S/C14H15BrN2OS/c1-8(11-4-6-12(15)7-5-11)16-14-13(10(3)18)9(2)17-19-14/h4-8,16H,1-3H3. The lowest BCUT2D eigenvalue weighted by molar-refractivity contribution is 0.101. The average molecular weight is 339 g/mol. The first kappa shape index (κ1) is 14.2. The number of aryl methyl sites for hydroxylation is 1. The van der Waals surface area contributed by atoms with Gasteiger partial charge in [0.15, 0.2) is 5.78 Å². The van der Waals surface area contributed by atoms with Crippen LogP contribution in [0.2, 0.25) is 0 Å². The molecule has 1 heterocycles. The van der Waals surface area contributed by atoms with Crippen molar-refractivity contribution >= 4 is 38.2 Å². The molecule has 0 aliphatic rings. The van der Waals surface area contributed by atoms with Crippen LogP contribution in [0.15, 0.2) is 28.7 Å². The van der Waals surface area contributed by atoms with E-state index < -0.39 is 0 Å². The highest BCUT2D eigenvalue weighted by molar-refractivity contribution is 9.10. The third-order valence-corrected chi connectivity index (χ3v) is 4.33. The fourth-order valence-corrected chi connectivity index (χ4v) is 3.11. The molecule has 1 aromatic heterocycles. The van der Waals surface area contributed by atoms with Crippen LogP contribution in [0.5, 0.6) is 0 Å². The Kier molecular flexibility index (Phi) is 4.37. The summed E-state index contributed by atoms with van der Waals surface area (Å²) < 4.78 is 5.31. The largest absolute Gasteiger partial charge is 0.369 e. The smallest absolute Gasteiger partial charge is 0.164 e. The molecule has 100 valence electrons. The summed E-state index contributed by atoms with van der Waals surface area (Å²) in [6.07, 6.45) is 0. The van der Waals surface area contributed by atoms with E-state index in [2.05, 4.69) is 44.7 Å². The first-order valence-electron chi connectivity index (χ1n) is 5.98. The fourth-order valence-electron chi connectivity index (χ4n) is 1.91. The summed E-state index contributed by atoms with van der Waals surface area (Å²) in [5.41, 5.74) is 2.67. The molecule has 1 aromatic carbocycles. The molecule has 0 amide bonds. The van der Waals surface area contributed by atoms with Crippen LogP contribution in [0, 0.1) is 6.92 Å². The molecule has 0 saturated heterocycles. The lowest BCUT2D eigenvalue weighted by atomic mass is 10.1. The highest BCUT2D eigenvalue weighted by Gasteiger charge is 2.16. The van der Waals surface area contributed by atoms with Crippen LogP contribution in [-0.2, 0) is 0 Å². The van der Waals surface area contributed by atoms with Crippen molar-refractivity contribution in [2.45, 2.75) is 26.8 Å². The van der Waals surface area contributed by atoms with Crippen molar-refractivity contribution in [3.8, 4) is 0 Å². The molecule has 0 saturated carbocycles. The Labute approximate surface area is 125 Å². The zero-order valence-corrected chi connectivity index (χ0v) is 13.4. The van der Waals surface area contributed by atoms with Gasteiger partial charge in [-0.05, 0) is 50.0 Å². The molecule has 0 bridgehead atoms. The van der Waals surface area contributed by atoms with Gasteiger partial charge in [-0.3, -0.25) is 4.79 Å². The second kappa shape index (κ2) is 5.84. The minimum atomic E-state index is 0.0526. The number of hydrogen-bond acceptors (Lipinski definition) is 4. The molecule has 1 atom stereocenters. The molecule has 1 N–H and O–H groups in total. The summed E-state index contributed by atoms with van der Waals surface area (Å²) in [5.74, 6) is 0.0526. The Hall–Kier alpha value is -1.20. The number of ketones is 1. The molecule has 0 aliphatic carbocycles. The number of benzene rings is 1. The zero-order chi connectivity index (χ0) is 14.0. The maximum atomic E-state index is 11.6. The lowest BCUT2D eigenvalue weighted by Crippen LogP contribution is -2.08. The summed E-state index contributed by atoms with van der Waals surface area (Å²) in [7, 11) is 0. The van der Waals surface area contributed by atoms with E-state index in [1.165, 1.54) is 17.1 Å². The minimum Gasteiger partial charge on any atom is -0.369 e. The van der Waals surface area contributed by atoms with Crippen LogP contribution in [-0.4, -0.2) is 10.2 Å². The summed E-state index contributed by atoms with van der Waals surface area (Å²) in [6, 6.07) is 8.27. The van der Waals surface area contributed by atoms with Crippen LogP contribution in [0.1, 0.15) is 41.5 Å². The first-order valence-corrected chi connectivity index (χ1v) is 7.55. The molecule has 3 nitrogen and oxygen atoms in total. The lowest BCUT2D eigenvalue weighted by Gasteiger charge is -2.15. The van der Waals surface area contributed by atoms with E-state index in [0.29, 0.717) is 5.56 Å². The first-order chi connectivity index (χ1) is 8.99. The Balaban J connectivity index is 2.21. The van der Waals surface area contributed by atoms with Crippen molar-refractivity contribution in [2.24, 2.45) is 0 Å². The molecule has 19 heavy (non-hydrogen) atoms. The van der Waals surface area contributed by atoms with Gasteiger partial charge in [-0.1, -0.05) is 28.1 Å². The number of hydrogen-bond donors (Lipinski definition) is 1. The van der Waals surface area contributed by atoms with Crippen molar-refractivity contribution in [3.63, 3.8) is 0 Å². The van der Waals surface area contributed by atoms with E-state index in [0.717, 1.165) is 15.2 Å². The molecule has 0 fully saturated rings. The van der Waals surface area contributed by atoms with Gasteiger partial charge in [0, 0.05) is 10.5 Å². The maximum absolute atomic E-state index is 11.6. The van der Waals surface area contributed by atoms with E-state index in [1.54, 1.807) is 6.92 Å². The van der Waals surface area contributed by atoms with Gasteiger partial charge in [0.2, 0.25) is 0 Å². The van der Waals surface area contributed by atoms with Crippen molar-refractivity contribution in [3.05, 3.63) is 45.6 Å². The van der Waals surface area contributed by atoms with Crippen molar-refractivity contribution in [1.29, 1.82) is 0 Å². The topological polar surface area (TPSA) is 42.0 Å². The number of rotatable bonds is 4. The van der Waals surface area contributed by atoms with E-state index >= 15 is 0 Å². The van der Waals surface area contributed by atoms with Crippen LogP contribution >= 0.6 is 27.5 Å². The average Bonchev–Trinajstić information content (AvgIpc) is 2.71. The quantitative estimate of drug-likeness (QED) is 0.829. The third kappa shape index (κ3) is 3.22. The number of nitrogens with one attached hydrogen (secondary N) is 1. The maximum Gasteiger partial charge on any atom is 0.164 e. The number of aromatic nitrogens is 1. The second-order valence-corrected chi connectivity index (χ2v) is 6.13. The van der Waals surface area contributed by atoms with Crippen molar-refractivity contribution in [1.82, 2.24) is 4.37 Å². The van der Waals surface area contributed by atoms with Gasteiger partial charge in [0.25, 0.3) is 0 Å². The van der Waals surface area contributed by atoms with E-state index in [4.69, 9.17) is 0 Å². The number of carbonyl (C=O) groups excluding carboxylic acids is 1. The van der Waals surface area contributed by atoms with Crippen LogP contribution in [0.3, 0.4) is 0 Å². The van der Waals surface area contributed by atoms with Gasteiger partial charge in [-0.25, -0.2) is 0 Å². The predicted octanol–water partition coefficient (Wildman–Crippen LogP) is 4.59. The normalized spacial score (nSPS) is 12.2. The minimum absolute atomic E-state index is 0.0526. The van der Waals surface area contributed by atoms with Crippen molar-refractivity contribution < 1.29 is 4.79 Å². The van der Waals surface area contributed by atoms with E-state index in [9.17, 15) is 4.79 Å². The Morgan fingerprint density at radius 2 is 2.00 bits per heavy atom. The van der Waals surface area contributed by atoms with Crippen LogP contribution in [0.4, 0.5) is 5.00 Å². The number of Topliss-reactive ketones (excluding diaryl/α,β-unsaturated/α-hetero) is 1. The van der Waals surface area contributed by atoms with Gasteiger partial charge in [0.05, 0.1) is 11.3 Å². The van der Waals surface area contributed by atoms with E-state index in [-0.39, 0.29) is 11.8 Å².